The number of H-pyrrole nitrogens is 1. The fourth-order valence-electron chi connectivity index (χ4n) is 9.42. The number of amides is 4. The average Bonchev–Trinajstić information content (AvgIpc) is 3.26. The van der Waals surface area contributed by atoms with Crippen LogP contribution in [0.25, 0.3) is 10.8 Å². The molecule has 61 heavy (non-hydrogen) atoms. The molecule has 4 heterocycles. The summed E-state index contributed by atoms with van der Waals surface area (Å²) in [6, 6.07) is 11.1. The summed E-state index contributed by atoms with van der Waals surface area (Å²) in [5.41, 5.74) is 0.366. The van der Waals surface area contributed by atoms with E-state index < -0.39 is 29.5 Å². The van der Waals surface area contributed by atoms with Crippen molar-refractivity contribution in [2.24, 2.45) is 5.92 Å². The van der Waals surface area contributed by atoms with Crippen LogP contribution in [0.4, 0.5) is 9.18 Å². The van der Waals surface area contributed by atoms with Gasteiger partial charge in [0.25, 0.3) is 11.5 Å². The van der Waals surface area contributed by atoms with Gasteiger partial charge in [0.1, 0.15) is 17.5 Å². The van der Waals surface area contributed by atoms with Crippen LogP contribution >= 0.6 is 0 Å². The third-order valence-electron chi connectivity index (χ3n) is 12.8. The summed E-state index contributed by atoms with van der Waals surface area (Å²) in [5.74, 6) is -0.875. The Bertz CT molecular complexity index is 2090. The first-order chi connectivity index (χ1) is 29.2. The third kappa shape index (κ3) is 11.0. The van der Waals surface area contributed by atoms with Crippen molar-refractivity contribution >= 4 is 34.6 Å². The Kier molecular flexibility index (Phi) is 14.1. The molecule has 15 heteroatoms. The standard InChI is InChI=1S/C46H62FN7O7/c1-46(2,3)61-45(59)50(4)41(32-10-6-5-7-11-32)44(58)53-22-18-34(19-23-53)60-33-16-20-51(21-17-33)30-40(55)52-24-26-54(27-25-52)43(57)37-28-31(14-15-38(37)47)29-39-35-12-8-9-13-36(35)42(56)49-48-39/h8-9,12-15,28,32-34,41H,5-7,10-11,16-27,29-30H2,1-4H3,(H,49,56)/t41-/m1/s1. The number of benzene rings is 2. The average molecular weight is 844 g/mol. The van der Waals surface area contributed by atoms with E-state index in [2.05, 4.69) is 15.1 Å². The largest absolute Gasteiger partial charge is 0.444 e. The number of ether oxygens (including phenoxy) is 2. The number of carbonyl (C=O) groups excluding carboxylic acids is 4. The van der Waals surface area contributed by atoms with Crippen molar-refractivity contribution in [1.82, 2.24) is 34.7 Å². The van der Waals surface area contributed by atoms with E-state index in [9.17, 15) is 24.0 Å². The Labute approximate surface area is 357 Å². The molecule has 1 aliphatic carbocycles. The highest BCUT2D eigenvalue weighted by atomic mass is 19.1. The van der Waals surface area contributed by atoms with E-state index in [0.717, 1.165) is 70.9 Å². The highest BCUT2D eigenvalue weighted by molar-refractivity contribution is 5.95. The van der Waals surface area contributed by atoms with Crippen LogP contribution in [-0.2, 0) is 25.5 Å². The summed E-state index contributed by atoms with van der Waals surface area (Å²) in [4.78, 5) is 75.2. The quantitative estimate of drug-likeness (QED) is 0.290. The summed E-state index contributed by atoms with van der Waals surface area (Å²) in [6.45, 7) is 9.85. The van der Waals surface area contributed by atoms with E-state index in [1.54, 1.807) is 41.1 Å². The molecular weight excluding hydrogens is 782 g/mol. The van der Waals surface area contributed by atoms with E-state index in [1.165, 1.54) is 11.0 Å². The number of likely N-dealkylation sites (N-methyl/N-ethyl adjacent to an activating group) is 1. The molecule has 0 unspecified atom stereocenters. The van der Waals surface area contributed by atoms with E-state index >= 15 is 4.39 Å². The molecule has 2 aromatic carbocycles. The summed E-state index contributed by atoms with van der Waals surface area (Å²) in [6.07, 6.45) is 8.29. The van der Waals surface area contributed by atoms with E-state index in [0.29, 0.717) is 74.3 Å². The second-order valence-electron chi connectivity index (χ2n) is 18.3. The normalized spacial score (nSPS) is 19.5. The molecule has 3 saturated heterocycles. The molecule has 3 aromatic rings. The fraction of sp³-hybridized carbons (Fsp3) is 0.609. The van der Waals surface area contributed by atoms with Gasteiger partial charge in [-0.15, -0.1) is 0 Å². The smallest absolute Gasteiger partial charge is 0.410 e. The van der Waals surface area contributed by atoms with Gasteiger partial charge >= 0.3 is 6.09 Å². The Morgan fingerprint density at radius 3 is 2.10 bits per heavy atom. The van der Waals surface area contributed by atoms with E-state index in [-0.39, 0.29) is 41.1 Å². The van der Waals surface area contributed by atoms with Crippen molar-refractivity contribution in [3.05, 3.63) is 75.5 Å². The molecule has 0 bridgehead atoms. The maximum Gasteiger partial charge on any atom is 0.410 e. The zero-order valence-corrected chi connectivity index (χ0v) is 36.2. The van der Waals surface area contributed by atoms with Crippen LogP contribution in [-0.4, -0.2) is 148 Å². The highest BCUT2D eigenvalue weighted by Gasteiger charge is 2.40. The minimum atomic E-state index is -0.642. The van der Waals surface area contributed by atoms with Crippen LogP contribution in [0.15, 0.2) is 47.3 Å². The van der Waals surface area contributed by atoms with Gasteiger partial charge in [-0.25, -0.2) is 14.3 Å². The van der Waals surface area contributed by atoms with Crippen LogP contribution in [0.3, 0.4) is 0 Å². The van der Waals surface area contributed by atoms with Gasteiger partial charge in [0.15, 0.2) is 0 Å². The van der Waals surface area contributed by atoms with Gasteiger partial charge in [-0.05, 0) is 89.0 Å². The molecule has 1 atom stereocenters. The van der Waals surface area contributed by atoms with Gasteiger partial charge in [-0.3, -0.25) is 29.0 Å². The number of nitrogens with zero attached hydrogens (tertiary/aromatic N) is 6. The highest BCUT2D eigenvalue weighted by Crippen LogP contribution is 2.32. The Hall–Kier alpha value is -4.89. The lowest BCUT2D eigenvalue weighted by Gasteiger charge is -2.41. The number of nitrogens with one attached hydrogen (secondary N) is 1. The molecule has 1 aromatic heterocycles. The molecule has 4 amide bonds. The number of halogens is 1. The van der Waals surface area contributed by atoms with Crippen LogP contribution in [0, 0.1) is 11.7 Å². The number of hydrogen-bond donors (Lipinski definition) is 1. The first kappa shape index (κ1) is 44.2. The minimum Gasteiger partial charge on any atom is -0.444 e. The van der Waals surface area contributed by atoms with Crippen LogP contribution in [0.2, 0.25) is 0 Å². The summed E-state index contributed by atoms with van der Waals surface area (Å²) < 4.78 is 27.3. The number of carbonyl (C=O) groups is 4. The second kappa shape index (κ2) is 19.4. The van der Waals surface area contributed by atoms with E-state index in [4.69, 9.17) is 9.47 Å². The Morgan fingerprint density at radius 1 is 0.820 bits per heavy atom. The van der Waals surface area contributed by atoms with Crippen molar-refractivity contribution in [2.75, 3.05) is 66.0 Å². The molecule has 4 aliphatic rings. The van der Waals surface area contributed by atoms with Gasteiger partial charge in [0.05, 0.1) is 35.4 Å². The topological polar surface area (TPSA) is 149 Å². The lowest BCUT2D eigenvalue weighted by molar-refractivity contribution is -0.143. The molecule has 14 nitrogen and oxygen atoms in total. The van der Waals surface area contributed by atoms with Gasteiger partial charge < -0.3 is 24.2 Å². The monoisotopic (exact) mass is 843 g/mol. The maximum atomic E-state index is 15.0. The molecular formula is C46H62FN7O7. The first-order valence-electron chi connectivity index (χ1n) is 22.2. The summed E-state index contributed by atoms with van der Waals surface area (Å²) in [7, 11) is 1.70. The molecule has 1 N–H and O–H groups in total. The maximum absolute atomic E-state index is 15.0. The number of hydrogen-bond acceptors (Lipinski definition) is 9. The lowest BCUT2D eigenvalue weighted by atomic mass is 9.82. The minimum absolute atomic E-state index is 0.0102. The van der Waals surface area contributed by atoms with Crippen molar-refractivity contribution in [3.63, 3.8) is 0 Å². The summed E-state index contributed by atoms with van der Waals surface area (Å²) in [5, 5.41) is 7.97. The molecule has 330 valence electrons. The van der Waals surface area contributed by atoms with Crippen molar-refractivity contribution < 1.29 is 33.0 Å². The molecule has 1 saturated carbocycles. The van der Waals surface area contributed by atoms with Gasteiger partial charge in [-0.1, -0.05) is 43.5 Å². The number of piperidine rings is 2. The van der Waals surface area contributed by atoms with Crippen LogP contribution in [0.5, 0.6) is 0 Å². The number of aromatic amines is 1. The van der Waals surface area contributed by atoms with Crippen molar-refractivity contribution in [3.8, 4) is 0 Å². The molecule has 3 aliphatic heterocycles. The number of rotatable bonds is 10. The lowest BCUT2D eigenvalue weighted by Crippen LogP contribution is -2.56. The SMILES string of the molecule is CN(C(=O)OC(C)(C)C)[C@@H](C(=O)N1CCC(OC2CCN(CC(=O)N3CCN(C(=O)c4cc(Cc5n[nH]c(=O)c6ccccc56)ccc4F)CC3)CC2)CC1)C1CCCCC1. The number of piperazine rings is 1. The molecule has 0 radical (unpaired) electrons. The Balaban J connectivity index is 0.834. The van der Waals surface area contributed by atoms with Crippen molar-refractivity contribution in [1.29, 1.82) is 0 Å². The molecule has 4 fully saturated rings. The van der Waals surface area contributed by atoms with Crippen molar-refractivity contribution in [2.45, 2.75) is 109 Å². The number of fused-ring (bicyclic) bond motifs is 1. The number of aromatic nitrogens is 2. The third-order valence-corrected chi connectivity index (χ3v) is 12.8. The Morgan fingerprint density at radius 2 is 1.44 bits per heavy atom. The first-order valence-corrected chi connectivity index (χ1v) is 22.2. The van der Waals surface area contributed by atoms with Crippen LogP contribution in [0.1, 0.15) is 100 Å². The zero-order chi connectivity index (χ0) is 43.3. The zero-order valence-electron chi connectivity index (χ0n) is 36.2. The van der Waals surface area contributed by atoms with Gasteiger partial charge in [-0.2, -0.15) is 5.10 Å². The van der Waals surface area contributed by atoms with Gasteiger partial charge in [0.2, 0.25) is 11.8 Å². The van der Waals surface area contributed by atoms with Crippen LogP contribution < -0.4 is 5.56 Å². The predicted octanol–water partition coefficient (Wildman–Crippen LogP) is 5.23. The molecule has 7 rings (SSSR count). The fourth-order valence-corrected chi connectivity index (χ4v) is 9.42. The number of likely N-dealkylation sites (tertiary alicyclic amines) is 2. The second-order valence-corrected chi connectivity index (χ2v) is 18.3. The predicted molar refractivity (Wildman–Crippen MR) is 229 cm³/mol. The van der Waals surface area contributed by atoms with Gasteiger partial charge in [0, 0.05) is 71.2 Å². The molecule has 0 spiro atoms. The summed E-state index contributed by atoms with van der Waals surface area (Å²) >= 11 is 0. The van der Waals surface area contributed by atoms with E-state index in [1.807, 2.05) is 37.8 Å².